The SMILES string of the molecule is O=C(N/N=C/c1ccc2c(ccn2Cc2cccc(F)c2)c1)c1ccccc1-n1cccc1. The quantitative estimate of drug-likeness (QED) is 0.282. The lowest BCUT2D eigenvalue weighted by molar-refractivity contribution is 0.0955. The van der Waals surface area contributed by atoms with Gasteiger partial charge in [-0.15, -0.1) is 0 Å². The third-order valence-corrected chi connectivity index (χ3v) is 5.45. The molecule has 1 N–H and O–H groups in total. The van der Waals surface area contributed by atoms with E-state index < -0.39 is 0 Å². The van der Waals surface area contributed by atoms with Crippen LogP contribution in [0.3, 0.4) is 0 Å². The van der Waals surface area contributed by atoms with Crippen LogP contribution in [0.25, 0.3) is 16.6 Å². The van der Waals surface area contributed by atoms with Crippen LogP contribution in [-0.4, -0.2) is 21.3 Å². The van der Waals surface area contributed by atoms with Crippen molar-refractivity contribution in [3.8, 4) is 5.69 Å². The Hall–Kier alpha value is -4.45. The van der Waals surface area contributed by atoms with Gasteiger partial charge in [-0.05, 0) is 65.7 Å². The Kier molecular flexibility index (Phi) is 5.55. The van der Waals surface area contributed by atoms with Gasteiger partial charge in [-0.2, -0.15) is 5.10 Å². The number of amides is 1. The Morgan fingerprint density at radius 2 is 1.76 bits per heavy atom. The molecule has 0 bridgehead atoms. The molecular formula is C27H21FN4O. The summed E-state index contributed by atoms with van der Waals surface area (Å²) in [6.45, 7) is 0.589. The minimum atomic E-state index is -0.280. The molecular weight excluding hydrogens is 415 g/mol. The predicted octanol–water partition coefficient (Wildman–Crippen LogP) is 5.38. The normalized spacial score (nSPS) is 11.3. The van der Waals surface area contributed by atoms with E-state index in [0.717, 1.165) is 27.7 Å². The number of hydrogen-bond donors (Lipinski definition) is 1. The number of carbonyl (C=O) groups excluding carboxylic acids is 1. The molecule has 0 unspecified atom stereocenters. The Bertz CT molecular complexity index is 1450. The van der Waals surface area contributed by atoms with Gasteiger partial charge in [0.05, 0.1) is 17.5 Å². The number of carbonyl (C=O) groups is 1. The van der Waals surface area contributed by atoms with Crippen LogP contribution in [0.2, 0.25) is 0 Å². The molecule has 6 heteroatoms. The van der Waals surface area contributed by atoms with Crippen LogP contribution >= 0.6 is 0 Å². The van der Waals surface area contributed by atoms with Gasteiger partial charge in [0.1, 0.15) is 5.82 Å². The lowest BCUT2D eigenvalue weighted by atomic mass is 10.1. The van der Waals surface area contributed by atoms with E-state index >= 15 is 0 Å². The standard InChI is InChI=1S/C27H21FN4O/c28-23-7-5-6-21(17-23)19-32-15-12-22-16-20(10-11-25(22)32)18-29-30-27(33)24-8-1-2-9-26(24)31-13-3-4-14-31/h1-18H,19H2,(H,30,33)/b29-18+. The zero-order valence-corrected chi connectivity index (χ0v) is 17.7. The van der Waals surface area contributed by atoms with Crippen molar-refractivity contribution >= 4 is 23.0 Å². The van der Waals surface area contributed by atoms with E-state index in [1.807, 2.05) is 83.8 Å². The highest BCUT2D eigenvalue weighted by Crippen LogP contribution is 2.19. The molecule has 0 atom stereocenters. The van der Waals surface area contributed by atoms with Crippen molar-refractivity contribution in [2.75, 3.05) is 0 Å². The number of halogens is 1. The van der Waals surface area contributed by atoms with E-state index in [2.05, 4.69) is 15.1 Å². The average molecular weight is 436 g/mol. The summed E-state index contributed by atoms with van der Waals surface area (Å²) in [6, 6.07) is 25.8. The molecule has 0 aliphatic rings. The molecule has 0 saturated carbocycles. The predicted molar refractivity (Wildman–Crippen MR) is 128 cm³/mol. The smallest absolute Gasteiger partial charge is 0.273 e. The minimum Gasteiger partial charge on any atom is -0.343 e. The molecule has 0 spiro atoms. The first kappa shape index (κ1) is 20.5. The first-order valence-corrected chi connectivity index (χ1v) is 10.6. The van der Waals surface area contributed by atoms with Gasteiger partial charge < -0.3 is 9.13 Å². The van der Waals surface area contributed by atoms with Crippen LogP contribution in [0.1, 0.15) is 21.5 Å². The number of fused-ring (bicyclic) bond motifs is 1. The first-order chi connectivity index (χ1) is 16.2. The number of benzene rings is 3. The summed E-state index contributed by atoms with van der Waals surface area (Å²) in [6.07, 6.45) is 7.39. The maximum absolute atomic E-state index is 13.5. The second-order valence-electron chi connectivity index (χ2n) is 7.70. The fraction of sp³-hybridized carbons (Fsp3) is 0.0370. The third kappa shape index (κ3) is 4.45. The Labute approximate surface area is 190 Å². The third-order valence-electron chi connectivity index (χ3n) is 5.45. The molecule has 3 aromatic carbocycles. The van der Waals surface area contributed by atoms with Crippen LogP contribution in [0.15, 0.2) is 109 Å². The molecule has 5 aromatic rings. The van der Waals surface area contributed by atoms with E-state index in [-0.39, 0.29) is 11.7 Å². The summed E-state index contributed by atoms with van der Waals surface area (Å²) in [7, 11) is 0. The zero-order chi connectivity index (χ0) is 22.6. The molecule has 0 saturated heterocycles. The van der Waals surface area contributed by atoms with Crippen LogP contribution < -0.4 is 5.43 Å². The van der Waals surface area contributed by atoms with E-state index in [1.165, 1.54) is 6.07 Å². The molecule has 2 heterocycles. The summed E-state index contributed by atoms with van der Waals surface area (Å²) >= 11 is 0. The Morgan fingerprint density at radius 1 is 0.909 bits per heavy atom. The first-order valence-electron chi connectivity index (χ1n) is 10.6. The molecule has 162 valence electrons. The lowest BCUT2D eigenvalue weighted by Crippen LogP contribution is -2.19. The van der Waals surface area contributed by atoms with Crippen molar-refractivity contribution in [2.24, 2.45) is 5.10 Å². The van der Waals surface area contributed by atoms with Crippen LogP contribution in [0.5, 0.6) is 0 Å². The Balaban J connectivity index is 1.30. The van der Waals surface area contributed by atoms with Crippen LogP contribution in [0.4, 0.5) is 4.39 Å². The molecule has 2 aromatic heterocycles. The second kappa shape index (κ2) is 8.96. The number of hydrazone groups is 1. The van der Waals surface area contributed by atoms with Crippen LogP contribution in [0, 0.1) is 5.82 Å². The number of hydrogen-bond acceptors (Lipinski definition) is 2. The van der Waals surface area contributed by atoms with Crippen molar-refractivity contribution in [2.45, 2.75) is 6.54 Å². The van der Waals surface area contributed by atoms with E-state index in [1.54, 1.807) is 24.4 Å². The highest BCUT2D eigenvalue weighted by atomic mass is 19.1. The summed E-state index contributed by atoms with van der Waals surface area (Å²) < 4.78 is 17.4. The highest BCUT2D eigenvalue weighted by Gasteiger charge is 2.11. The maximum atomic E-state index is 13.5. The topological polar surface area (TPSA) is 51.3 Å². The number of rotatable bonds is 6. The number of aromatic nitrogens is 2. The van der Waals surface area contributed by atoms with Gasteiger partial charge in [0.2, 0.25) is 0 Å². The molecule has 0 radical (unpaired) electrons. The van der Waals surface area contributed by atoms with Gasteiger partial charge in [-0.25, -0.2) is 9.82 Å². The van der Waals surface area contributed by atoms with E-state index in [9.17, 15) is 9.18 Å². The van der Waals surface area contributed by atoms with Crippen molar-refractivity contribution in [1.29, 1.82) is 0 Å². The molecule has 5 nitrogen and oxygen atoms in total. The van der Waals surface area contributed by atoms with E-state index in [0.29, 0.717) is 12.1 Å². The summed E-state index contributed by atoms with van der Waals surface area (Å²) in [4.78, 5) is 12.7. The Morgan fingerprint density at radius 3 is 2.61 bits per heavy atom. The van der Waals surface area contributed by atoms with Gasteiger partial charge in [0.15, 0.2) is 0 Å². The monoisotopic (exact) mass is 436 g/mol. The fourth-order valence-electron chi connectivity index (χ4n) is 3.88. The van der Waals surface area contributed by atoms with E-state index in [4.69, 9.17) is 0 Å². The number of para-hydroxylation sites is 1. The summed E-state index contributed by atoms with van der Waals surface area (Å²) in [5, 5.41) is 5.19. The molecule has 0 aliphatic carbocycles. The second-order valence-corrected chi connectivity index (χ2v) is 7.70. The van der Waals surface area contributed by atoms with Gasteiger partial charge in [-0.3, -0.25) is 4.79 Å². The van der Waals surface area contributed by atoms with Crippen molar-refractivity contribution in [3.05, 3.63) is 126 Å². The molecule has 1 amide bonds. The van der Waals surface area contributed by atoms with Crippen molar-refractivity contribution in [1.82, 2.24) is 14.6 Å². The zero-order valence-electron chi connectivity index (χ0n) is 17.7. The van der Waals surface area contributed by atoms with Gasteiger partial charge >= 0.3 is 0 Å². The molecule has 0 fully saturated rings. The minimum absolute atomic E-state index is 0.236. The van der Waals surface area contributed by atoms with Gasteiger partial charge in [0.25, 0.3) is 5.91 Å². The van der Waals surface area contributed by atoms with Crippen molar-refractivity contribution < 1.29 is 9.18 Å². The largest absolute Gasteiger partial charge is 0.343 e. The van der Waals surface area contributed by atoms with Crippen LogP contribution in [-0.2, 0) is 6.54 Å². The summed E-state index contributed by atoms with van der Waals surface area (Å²) in [5.41, 5.74) is 6.76. The molecule has 5 rings (SSSR count). The average Bonchev–Trinajstić information content (AvgIpc) is 3.50. The van der Waals surface area contributed by atoms with Gasteiger partial charge in [-0.1, -0.05) is 30.3 Å². The lowest BCUT2D eigenvalue weighted by Gasteiger charge is -2.09. The number of nitrogens with one attached hydrogen (secondary N) is 1. The highest BCUT2D eigenvalue weighted by molar-refractivity contribution is 5.98. The fourth-order valence-corrected chi connectivity index (χ4v) is 3.88. The molecule has 0 aliphatic heterocycles. The van der Waals surface area contributed by atoms with Crippen molar-refractivity contribution in [3.63, 3.8) is 0 Å². The molecule has 33 heavy (non-hydrogen) atoms. The summed E-state index contributed by atoms with van der Waals surface area (Å²) in [5.74, 6) is -0.515. The number of nitrogens with zero attached hydrogens (tertiary/aromatic N) is 3. The van der Waals surface area contributed by atoms with Gasteiger partial charge in [0, 0.05) is 36.0 Å². The maximum Gasteiger partial charge on any atom is 0.273 e.